The van der Waals surface area contributed by atoms with E-state index in [4.69, 9.17) is 23.7 Å². The third kappa shape index (κ3) is 4.42. The van der Waals surface area contributed by atoms with Crippen LogP contribution in [0.2, 0.25) is 0 Å². The van der Waals surface area contributed by atoms with Gasteiger partial charge in [-0.15, -0.1) is 0 Å². The molecule has 0 bridgehead atoms. The zero-order valence-electron chi connectivity index (χ0n) is 17.3. The van der Waals surface area contributed by atoms with E-state index in [0.717, 1.165) is 11.1 Å². The van der Waals surface area contributed by atoms with Crippen molar-refractivity contribution in [1.29, 1.82) is 0 Å². The number of hydrogen-bond acceptors (Lipinski definition) is 6. The second-order valence-corrected chi connectivity index (χ2v) is 7.76. The largest absolute Gasteiger partial charge is 0.459 e. The Bertz CT molecular complexity index is 807. The van der Waals surface area contributed by atoms with Gasteiger partial charge in [-0.25, -0.2) is 0 Å². The molecule has 2 aromatic rings. The van der Waals surface area contributed by atoms with Crippen LogP contribution in [-0.2, 0) is 41.7 Å². The Labute approximate surface area is 177 Å². The number of carbonyl (C=O) groups is 1. The minimum atomic E-state index is -0.516. The normalized spacial score (nSPS) is 28.0. The Hall–Kier alpha value is -2.25. The lowest BCUT2D eigenvalue weighted by molar-refractivity contribution is -0.188. The summed E-state index contributed by atoms with van der Waals surface area (Å²) in [6.45, 7) is 0.843. The molecule has 1 aliphatic heterocycles. The molecule has 1 saturated heterocycles. The van der Waals surface area contributed by atoms with Crippen LogP contribution in [0, 0.1) is 11.8 Å². The van der Waals surface area contributed by atoms with Crippen molar-refractivity contribution >= 4 is 5.97 Å². The number of ether oxygens (including phenoxy) is 5. The van der Waals surface area contributed by atoms with Crippen molar-refractivity contribution < 1.29 is 28.5 Å². The first-order valence-electron chi connectivity index (χ1n) is 10.3. The summed E-state index contributed by atoms with van der Waals surface area (Å²) in [4.78, 5) is 12.1. The van der Waals surface area contributed by atoms with Gasteiger partial charge in [-0.2, -0.15) is 0 Å². The molecule has 2 aromatic carbocycles. The fourth-order valence-corrected chi connectivity index (χ4v) is 4.61. The van der Waals surface area contributed by atoms with Crippen LogP contribution in [0.4, 0.5) is 0 Å². The number of esters is 1. The highest BCUT2D eigenvalue weighted by atomic mass is 16.7. The second kappa shape index (κ2) is 9.71. The zero-order chi connectivity index (χ0) is 20.9. The maximum atomic E-state index is 12.1. The van der Waals surface area contributed by atoms with Gasteiger partial charge in [-0.3, -0.25) is 4.79 Å². The summed E-state index contributed by atoms with van der Waals surface area (Å²) in [6.07, 6.45) is -1.31. The average molecular weight is 412 g/mol. The van der Waals surface area contributed by atoms with Crippen molar-refractivity contribution in [3.63, 3.8) is 0 Å². The molecule has 1 saturated carbocycles. The molecule has 160 valence electrons. The van der Waals surface area contributed by atoms with E-state index in [-0.39, 0.29) is 30.0 Å². The number of methoxy groups -OCH3 is 2. The predicted molar refractivity (Wildman–Crippen MR) is 109 cm³/mol. The van der Waals surface area contributed by atoms with Crippen LogP contribution in [-0.4, -0.2) is 44.8 Å². The maximum absolute atomic E-state index is 12.1. The first kappa shape index (κ1) is 21.0. The van der Waals surface area contributed by atoms with Crippen molar-refractivity contribution in [1.82, 2.24) is 0 Å². The summed E-state index contributed by atoms with van der Waals surface area (Å²) in [5.41, 5.74) is 2.12. The highest BCUT2D eigenvalue weighted by molar-refractivity contribution is 5.72. The van der Waals surface area contributed by atoms with Crippen molar-refractivity contribution in [2.75, 3.05) is 14.2 Å². The quantitative estimate of drug-likeness (QED) is 0.465. The summed E-state index contributed by atoms with van der Waals surface area (Å²) < 4.78 is 29.6. The van der Waals surface area contributed by atoms with Crippen molar-refractivity contribution in [3.8, 4) is 0 Å². The van der Waals surface area contributed by atoms with Gasteiger partial charge < -0.3 is 23.7 Å². The van der Waals surface area contributed by atoms with Gasteiger partial charge in [0.2, 0.25) is 0 Å². The highest BCUT2D eigenvalue weighted by Gasteiger charge is 2.60. The number of carbonyl (C=O) groups excluding carboxylic acids is 1. The molecule has 1 heterocycles. The van der Waals surface area contributed by atoms with E-state index in [1.807, 2.05) is 60.7 Å². The van der Waals surface area contributed by atoms with Gasteiger partial charge in [-0.1, -0.05) is 60.7 Å². The molecule has 0 unspecified atom stereocenters. The maximum Gasteiger partial charge on any atom is 0.306 e. The lowest BCUT2D eigenvalue weighted by atomic mass is 9.91. The predicted octanol–water partition coefficient (Wildman–Crippen LogP) is 3.34. The Balaban J connectivity index is 1.57. The first-order chi connectivity index (χ1) is 14.7. The van der Waals surface area contributed by atoms with E-state index >= 15 is 0 Å². The Morgan fingerprint density at radius 3 is 1.93 bits per heavy atom. The molecule has 1 aliphatic carbocycles. The van der Waals surface area contributed by atoms with Crippen LogP contribution in [0.25, 0.3) is 0 Å². The summed E-state index contributed by atoms with van der Waals surface area (Å²) in [5, 5.41) is 0. The van der Waals surface area contributed by atoms with Crippen molar-refractivity contribution in [3.05, 3.63) is 71.8 Å². The van der Waals surface area contributed by atoms with Gasteiger partial charge in [-0.05, 0) is 11.1 Å². The fraction of sp³-hybridized carbons (Fsp3) is 0.458. The molecule has 5 atom stereocenters. The fourth-order valence-electron chi connectivity index (χ4n) is 4.61. The highest BCUT2D eigenvalue weighted by Crippen LogP contribution is 2.47. The van der Waals surface area contributed by atoms with Gasteiger partial charge in [0.1, 0.15) is 12.2 Å². The number of rotatable bonds is 9. The molecule has 0 N–H and O–H groups in total. The van der Waals surface area contributed by atoms with E-state index in [1.165, 1.54) is 0 Å². The molecular formula is C24H28O6. The minimum absolute atomic E-state index is 0.0797. The molecule has 0 amide bonds. The number of benzene rings is 2. The SMILES string of the molecule is COC(OC)[C@H]1[C@H]2CC(=O)O[C@H]2[C@@H](OCc2ccccc2)[C@@H]1OCc1ccccc1. The smallest absolute Gasteiger partial charge is 0.306 e. The van der Waals surface area contributed by atoms with Gasteiger partial charge in [0.25, 0.3) is 0 Å². The molecule has 2 fully saturated rings. The average Bonchev–Trinajstić information content (AvgIpc) is 3.28. The molecule has 6 nitrogen and oxygen atoms in total. The Morgan fingerprint density at radius 2 is 1.40 bits per heavy atom. The molecule has 0 radical (unpaired) electrons. The molecular weight excluding hydrogens is 384 g/mol. The Morgan fingerprint density at radius 1 is 0.867 bits per heavy atom. The van der Waals surface area contributed by atoms with Crippen LogP contribution in [0.1, 0.15) is 17.5 Å². The topological polar surface area (TPSA) is 63.2 Å². The molecule has 30 heavy (non-hydrogen) atoms. The van der Waals surface area contributed by atoms with Crippen LogP contribution in [0.15, 0.2) is 60.7 Å². The van der Waals surface area contributed by atoms with Crippen LogP contribution < -0.4 is 0 Å². The summed E-state index contributed by atoms with van der Waals surface area (Å²) in [7, 11) is 3.21. The zero-order valence-corrected chi connectivity index (χ0v) is 17.3. The van der Waals surface area contributed by atoms with E-state index in [0.29, 0.717) is 19.6 Å². The summed E-state index contributed by atoms with van der Waals surface area (Å²) in [6, 6.07) is 19.9. The van der Waals surface area contributed by atoms with Gasteiger partial charge in [0.05, 0.1) is 25.7 Å². The van der Waals surface area contributed by atoms with Crippen molar-refractivity contribution in [2.24, 2.45) is 11.8 Å². The lowest BCUT2D eigenvalue weighted by Crippen LogP contribution is -2.41. The lowest BCUT2D eigenvalue weighted by Gasteiger charge is -2.31. The Kier molecular flexibility index (Phi) is 6.79. The van der Waals surface area contributed by atoms with E-state index in [2.05, 4.69) is 0 Å². The first-order valence-corrected chi connectivity index (χ1v) is 10.3. The van der Waals surface area contributed by atoms with Crippen LogP contribution >= 0.6 is 0 Å². The standard InChI is InChI=1S/C24H28O6/c1-26-24(27-2)20-18-13-19(25)30-21(18)23(29-15-17-11-7-4-8-12-17)22(20)28-14-16-9-5-3-6-10-16/h3-12,18,20-24H,13-15H2,1-2H3/t18-,20+,21-,22-,23-/m1/s1. The van der Waals surface area contributed by atoms with E-state index < -0.39 is 12.4 Å². The number of fused-ring (bicyclic) bond motifs is 1. The van der Waals surface area contributed by atoms with Crippen LogP contribution in [0.5, 0.6) is 0 Å². The van der Waals surface area contributed by atoms with E-state index in [1.54, 1.807) is 14.2 Å². The van der Waals surface area contributed by atoms with Crippen molar-refractivity contribution in [2.45, 2.75) is 44.2 Å². The molecule has 0 spiro atoms. The molecule has 2 aliphatic rings. The van der Waals surface area contributed by atoms with Gasteiger partial charge in [0.15, 0.2) is 6.29 Å². The summed E-state index contributed by atoms with van der Waals surface area (Å²) >= 11 is 0. The van der Waals surface area contributed by atoms with Crippen LogP contribution in [0.3, 0.4) is 0 Å². The third-order valence-corrected chi connectivity index (χ3v) is 5.96. The molecule has 6 heteroatoms. The second-order valence-electron chi connectivity index (χ2n) is 7.76. The van der Waals surface area contributed by atoms with Gasteiger partial charge in [0, 0.05) is 26.1 Å². The monoisotopic (exact) mass is 412 g/mol. The summed E-state index contributed by atoms with van der Waals surface area (Å²) in [5.74, 6) is -0.472. The third-order valence-electron chi connectivity index (χ3n) is 5.96. The number of hydrogen-bond donors (Lipinski definition) is 0. The molecule has 0 aromatic heterocycles. The van der Waals surface area contributed by atoms with E-state index in [9.17, 15) is 4.79 Å². The molecule has 4 rings (SSSR count). The minimum Gasteiger partial charge on any atom is -0.459 e. The van der Waals surface area contributed by atoms with Gasteiger partial charge >= 0.3 is 5.97 Å².